The number of nitrogen functional groups attached to an aromatic ring is 1. The summed E-state index contributed by atoms with van der Waals surface area (Å²) in [6.07, 6.45) is 8.47. The van der Waals surface area contributed by atoms with Crippen LogP contribution in [-0.4, -0.2) is 13.1 Å². The lowest BCUT2D eigenvalue weighted by Crippen LogP contribution is -2.43. The Morgan fingerprint density at radius 3 is 1.95 bits per heavy atom. The molecular weight excluding hydrogens is 244 g/mol. The standard InChI is InChI=1S/C18H24N2/c19-13-7-16-14-5-1-3-11(14)9-20-10-12-4-2-6-15(12)17(8-13)18(16)20/h7-8,11-12,14-15H,1-6,9-10,19H2. The molecule has 0 bridgehead atoms. The minimum Gasteiger partial charge on any atom is -0.399 e. The summed E-state index contributed by atoms with van der Waals surface area (Å²) in [6.45, 7) is 2.63. The predicted molar refractivity (Wildman–Crippen MR) is 83.2 cm³/mol. The molecule has 2 aliphatic heterocycles. The molecule has 4 aliphatic rings. The fourth-order valence-electron chi connectivity index (χ4n) is 5.79. The van der Waals surface area contributed by atoms with Crippen LogP contribution in [0.4, 0.5) is 11.4 Å². The molecule has 2 aliphatic carbocycles. The summed E-state index contributed by atoms with van der Waals surface area (Å²) in [5.41, 5.74) is 12.1. The first-order valence-electron chi connectivity index (χ1n) is 8.49. The highest BCUT2D eigenvalue weighted by molar-refractivity contribution is 5.70. The Hall–Kier alpha value is -1.18. The Labute approximate surface area is 121 Å². The van der Waals surface area contributed by atoms with Gasteiger partial charge in [-0.25, -0.2) is 0 Å². The number of nitrogens with zero attached hydrogens (tertiary/aromatic N) is 1. The van der Waals surface area contributed by atoms with Crippen LogP contribution in [0.2, 0.25) is 0 Å². The first-order chi connectivity index (χ1) is 9.81. The zero-order chi connectivity index (χ0) is 13.3. The van der Waals surface area contributed by atoms with E-state index in [2.05, 4.69) is 17.0 Å². The molecule has 5 rings (SSSR count). The molecule has 4 unspecified atom stereocenters. The highest BCUT2D eigenvalue weighted by Crippen LogP contribution is 2.56. The van der Waals surface area contributed by atoms with Gasteiger partial charge in [0.1, 0.15) is 0 Å². The highest BCUT2D eigenvalue weighted by Gasteiger charge is 2.44. The summed E-state index contributed by atoms with van der Waals surface area (Å²) < 4.78 is 0. The van der Waals surface area contributed by atoms with E-state index in [1.165, 1.54) is 51.6 Å². The van der Waals surface area contributed by atoms with Crippen LogP contribution in [0.5, 0.6) is 0 Å². The van der Waals surface area contributed by atoms with Crippen LogP contribution in [0, 0.1) is 11.8 Å². The van der Waals surface area contributed by atoms with Crippen molar-refractivity contribution in [2.75, 3.05) is 23.7 Å². The van der Waals surface area contributed by atoms with Crippen molar-refractivity contribution in [3.63, 3.8) is 0 Å². The zero-order valence-corrected chi connectivity index (χ0v) is 12.1. The maximum atomic E-state index is 6.27. The van der Waals surface area contributed by atoms with Crippen LogP contribution >= 0.6 is 0 Å². The van der Waals surface area contributed by atoms with E-state index in [-0.39, 0.29) is 0 Å². The van der Waals surface area contributed by atoms with Crippen molar-refractivity contribution in [3.05, 3.63) is 23.3 Å². The first-order valence-corrected chi connectivity index (χ1v) is 8.49. The fraction of sp³-hybridized carbons (Fsp3) is 0.667. The van der Waals surface area contributed by atoms with Gasteiger partial charge in [-0.2, -0.15) is 0 Å². The second-order valence-electron chi connectivity index (χ2n) is 7.55. The Bertz CT molecular complexity index is 520. The first kappa shape index (κ1) is 11.5. The van der Waals surface area contributed by atoms with Gasteiger partial charge in [-0.05, 0) is 72.6 Å². The lowest BCUT2D eigenvalue weighted by Gasteiger charge is -2.46. The third-order valence-electron chi connectivity index (χ3n) is 6.53. The molecule has 2 heterocycles. The minimum absolute atomic E-state index is 0.807. The van der Waals surface area contributed by atoms with Gasteiger partial charge in [-0.15, -0.1) is 0 Å². The smallest absolute Gasteiger partial charge is 0.0438 e. The molecule has 0 saturated heterocycles. The molecule has 2 nitrogen and oxygen atoms in total. The fourth-order valence-corrected chi connectivity index (χ4v) is 5.79. The van der Waals surface area contributed by atoms with Crippen molar-refractivity contribution in [1.29, 1.82) is 0 Å². The molecule has 1 aromatic rings. The highest BCUT2D eigenvalue weighted by atomic mass is 15.2. The molecule has 2 heteroatoms. The van der Waals surface area contributed by atoms with Crippen LogP contribution < -0.4 is 10.6 Å². The maximum Gasteiger partial charge on any atom is 0.0438 e. The number of nitrogens with two attached hydrogens (primary N) is 1. The van der Waals surface area contributed by atoms with Gasteiger partial charge in [0.2, 0.25) is 0 Å². The van der Waals surface area contributed by atoms with E-state index in [0.29, 0.717) is 0 Å². The Morgan fingerprint density at radius 1 is 0.850 bits per heavy atom. The van der Waals surface area contributed by atoms with E-state index in [0.717, 1.165) is 29.4 Å². The number of hydrogen-bond donors (Lipinski definition) is 1. The van der Waals surface area contributed by atoms with Crippen LogP contribution in [0.3, 0.4) is 0 Å². The molecular formula is C18H24N2. The third kappa shape index (κ3) is 1.40. The molecule has 2 fully saturated rings. The van der Waals surface area contributed by atoms with Gasteiger partial charge in [-0.3, -0.25) is 0 Å². The van der Waals surface area contributed by atoms with Crippen molar-refractivity contribution >= 4 is 11.4 Å². The molecule has 0 amide bonds. The van der Waals surface area contributed by atoms with E-state index in [9.17, 15) is 0 Å². The number of fused-ring (bicyclic) bond motifs is 4. The van der Waals surface area contributed by atoms with Gasteiger partial charge in [0.25, 0.3) is 0 Å². The quantitative estimate of drug-likeness (QED) is 0.724. The second-order valence-corrected chi connectivity index (χ2v) is 7.55. The van der Waals surface area contributed by atoms with Gasteiger partial charge in [0, 0.05) is 24.5 Å². The van der Waals surface area contributed by atoms with Crippen molar-refractivity contribution in [2.45, 2.75) is 50.4 Å². The van der Waals surface area contributed by atoms with E-state index in [1.807, 2.05) is 0 Å². The molecule has 20 heavy (non-hydrogen) atoms. The largest absolute Gasteiger partial charge is 0.399 e. The summed E-state index contributed by atoms with van der Waals surface area (Å²) in [5, 5.41) is 0. The van der Waals surface area contributed by atoms with Gasteiger partial charge < -0.3 is 10.6 Å². The Balaban J connectivity index is 1.73. The predicted octanol–water partition coefficient (Wildman–Crippen LogP) is 3.87. The Kier molecular flexibility index (Phi) is 2.25. The molecule has 0 spiro atoms. The number of rotatable bonds is 0. The van der Waals surface area contributed by atoms with E-state index < -0.39 is 0 Å². The molecule has 0 aromatic heterocycles. The van der Waals surface area contributed by atoms with Gasteiger partial charge in [0.15, 0.2) is 0 Å². The average molecular weight is 268 g/mol. The monoisotopic (exact) mass is 268 g/mol. The second kappa shape index (κ2) is 3.93. The van der Waals surface area contributed by atoms with Gasteiger partial charge in [-0.1, -0.05) is 12.8 Å². The van der Waals surface area contributed by atoms with Crippen molar-refractivity contribution < 1.29 is 0 Å². The number of anilines is 2. The normalized spacial score (nSPS) is 37.5. The summed E-state index contributed by atoms with van der Waals surface area (Å²) >= 11 is 0. The van der Waals surface area contributed by atoms with Gasteiger partial charge in [0.05, 0.1) is 0 Å². The van der Waals surface area contributed by atoms with E-state index in [4.69, 9.17) is 5.73 Å². The van der Waals surface area contributed by atoms with Crippen molar-refractivity contribution in [3.8, 4) is 0 Å². The zero-order valence-electron chi connectivity index (χ0n) is 12.1. The molecule has 2 N–H and O–H groups in total. The third-order valence-corrected chi connectivity index (χ3v) is 6.53. The van der Waals surface area contributed by atoms with Crippen molar-refractivity contribution in [2.24, 2.45) is 11.8 Å². The van der Waals surface area contributed by atoms with Gasteiger partial charge >= 0.3 is 0 Å². The number of benzene rings is 1. The van der Waals surface area contributed by atoms with Crippen LogP contribution in [0.1, 0.15) is 61.5 Å². The lowest BCUT2D eigenvalue weighted by atomic mass is 9.75. The van der Waals surface area contributed by atoms with Crippen LogP contribution in [0.15, 0.2) is 12.1 Å². The molecule has 106 valence electrons. The molecule has 4 atom stereocenters. The topological polar surface area (TPSA) is 29.3 Å². The molecule has 2 saturated carbocycles. The summed E-state index contributed by atoms with van der Waals surface area (Å²) in [6, 6.07) is 4.62. The summed E-state index contributed by atoms with van der Waals surface area (Å²) in [4.78, 5) is 2.74. The summed E-state index contributed by atoms with van der Waals surface area (Å²) in [7, 11) is 0. The van der Waals surface area contributed by atoms with Crippen LogP contribution in [-0.2, 0) is 0 Å². The molecule has 0 radical (unpaired) electrons. The van der Waals surface area contributed by atoms with Crippen molar-refractivity contribution in [1.82, 2.24) is 0 Å². The summed E-state index contributed by atoms with van der Waals surface area (Å²) in [5.74, 6) is 3.41. The SMILES string of the molecule is Nc1cc2c3c(c1)C1CCCC1CN3CC1CCCC21. The number of hydrogen-bond acceptors (Lipinski definition) is 2. The lowest BCUT2D eigenvalue weighted by molar-refractivity contribution is 0.390. The van der Waals surface area contributed by atoms with E-state index in [1.54, 1.807) is 16.8 Å². The Morgan fingerprint density at radius 2 is 1.40 bits per heavy atom. The minimum atomic E-state index is 0.807. The molecule has 1 aromatic carbocycles. The maximum absolute atomic E-state index is 6.27. The average Bonchev–Trinajstić information content (AvgIpc) is 3.06. The van der Waals surface area contributed by atoms with Crippen LogP contribution in [0.25, 0.3) is 0 Å². The van der Waals surface area contributed by atoms with E-state index >= 15 is 0 Å².